The van der Waals surface area contributed by atoms with Crippen LogP contribution in [0.2, 0.25) is 0 Å². The Hall–Kier alpha value is -2.10. The predicted molar refractivity (Wildman–Crippen MR) is 63.2 cm³/mol. The number of nitrogens with one attached hydrogen (secondary N) is 1. The Balaban J connectivity index is 2.44. The Kier molecular flexibility index (Phi) is 2.72. The van der Waals surface area contributed by atoms with Crippen molar-refractivity contribution >= 4 is 16.8 Å². The highest BCUT2D eigenvalue weighted by Gasteiger charge is 2.14. The summed E-state index contributed by atoms with van der Waals surface area (Å²) in [5.41, 5.74) is 1.41. The molecular weight excluding hydrogens is 202 g/mol. The minimum Gasteiger partial charge on any atom is -0.347 e. The quantitative estimate of drug-likeness (QED) is 0.788. The van der Waals surface area contributed by atoms with Crippen molar-refractivity contribution in [1.29, 1.82) is 0 Å². The summed E-state index contributed by atoms with van der Waals surface area (Å²) in [6.45, 7) is 4.00. The Bertz CT molecular complexity index is 542. The molecule has 0 atom stereocenters. The van der Waals surface area contributed by atoms with E-state index in [1.165, 1.54) is 0 Å². The first-order valence-corrected chi connectivity index (χ1v) is 5.05. The average molecular weight is 215 g/mol. The highest BCUT2D eigenvalue weighted by Crippen LogP contribution is 2.16. The van der Waals surface area contributed by atoms with Crippen LogP contribution in [-0.4, -0.2) is 22.2 Å². The lowest BCUT2D eigenvalue weighted by molar-refractivity contribution is 0.0954. The molecule has 0 aliphatic rings. The van der Waals surface area contributed by atoms with Gasteiger partial charge >= 0.3 is 0 Å². The van der Waals surface area contributed by atoms with Crippen LogP contribution in [0.15, 0.2) is 36.9 Å². The van der Waals surface area contributed by atoms with Gasteiger partial charge in [0.15, 0.2) is 5.69 Å². The van der Waals surface area contributed by atoms with Gasteiger partial charge in [0.2, 0.25) is 0 Å². The van der Waals surface area contributed by atoms with Crippen LogP contribution in [0.25, 0.3) is 10.9 Å². The second-order valence-corrected chi connectivity index (χ2v) is 3.49. The van der Waals surface area contributed by atoms with Crippen LogP contribution in [0.3, 0.4) is 0 Å². The van der Waals surface area contributed by atoms with E-state index in [-0.39, 0.29) is 5.91 Å². The maximum absolute atomic E-state index is 11.8. The van der Waals surface area contributed by atoms with Gasteiger partial charge in [-0.25, -0.2) is 0 Å². The molecule has 0 aliphatic carbocycles. The number of amides is 1. The molecule has 2 aromatic rings. The van der Waals surface area contributed by atoms with Crippen LogP contribution in [0.5, 0.6) is 0 Å². The van der Waals surface area contributed by atoms with Gasteiger partial charge in [-0.05, 0) is 6.07 Å². The fraction of sp³-hybridized carbons (Fsp3) is 0.167. The van der Waals surface area contributed by atoms with E-state index in [1.807, 2.05) is 31.3 Å². The molecular formula is C12H13N3O. The summed E-state index contributed by atoms with van der Waals surface area (Å²) in [7, 11) is 1.83. The van der Waals surface area contributed by atoms with Gasteiger partial charge in [0, 0.05) is 19.0 Å². The third kappa shape index (κ3) is 1.69. The van der Waals surface area contributed by atoms with E-state index < -0.39 is 0 Å². The van der Waals surface area contributed by atoms with Gasteiger partial charge in [-0.2, -0.15) is 5.10 Å². The molecule has 0 saturated heterocycles. The SMILES string of the molecule is C=CCNC(=O)c1nn(C)c2ccccc12. The van der Waals surface area contributed by atoms with Crippen molar-refractivity contribution in [2.75, 3.05) is 6.54 Å². The second kappa shape index (κ2) is 4.18. The highest BCUT2D eigenvalue weighted by atomic mass is 16.1. The molecule has 1 N–H and O–H groups in total. The Labute approximate surface area is 93.6 Å². The van der Waals surface area contributed by atoms with Crippen molar-refractivity contribution in [2.24, 2.45) is 7.05 Å². The normalized spacial score (nSPS) is 10.3. The summed E-state index contributed by atoms with van der Waals surface area (Å²) < 4.78 is 1.71. The number of aromatic nitrogens is 2. The van der Waals surface area contributed by atoms with E-state index in [0.717, 1.165) is 10.9 Å². The molecule has 0 spiro atoms. The largest absolute Gasteiger partial charge is 0.347 e. The fourth-order valence-corrected chi connectivity index (χ4v) is 1.63. The minimum atomic E-state index is -0.170. The van der Waals surface area contributed by atoms with Gasteiger partial charge in [-0.15, -0.1) is 6.58 Å². The summed E-state index contributed by atoms with van der Waals surface area (Å²) in [5, 5.41) is 7.80. The van der Waals surface area contributed by atoms with Crippen molar-refractivity contribution in [3.05, 3.63) is 42.6 Å². The topological polar surface area (TPSA) is 46.9 Å². The van der Waals surface area contributed by atoms with Crippen molar-refractivity contribution in [2.45, 2.75) is 0 Å². The monoisotopic (exact) mass is 215 g/mol. The molecule has 1 amide bonds. The van der Waals surface area contributed by atoms with Crippen LogP contribution in [-0.2, 0) is 7.05 Å². The molecule has 0 radical (unpaired) electrons. The van der Waals surface area contributed by atoms with E-state index in [0.29, 0.717) is 12.2 Å². The smallest absolute Gasteiger partial charge is 0.272 e. The summed E-state index contributed by atoms with van der Waals surface area (Å²) in [6.07, 6.45) is 1.64. The predicted octanol–water partition coefficient (Wildman–Crippen LogP) is 1.49. The molecule has 16 heavy (non-hydrogen) atoms. The number of benzene rings is 1. The number of hydrogen-bond donors (Lipinski definition) is 1. The molecule has 82 valence electrons. The van der Waals surface area contributed by atoms with Gasteiger partial charge in [-0.3, -0.25) is 9.48 Å². The van der Waals surface area contributed by atoms with E-state index >= 15 is 0 Å². The Morgan fingerprint density at radius 2 is 2.31 bits per heavy atom. The van der Waals surface area contributed by atoms with Crippen molar-refractivity contribution in [3.63, 3.8) is 0 Å². The van der Waals surface area contributed by atoms with Crippen LogP contribution in [0.4, 0.5) is 0 Å². The maximum Gasteiger partial charge on any atom is 0.272 e. The van der Waals surface area contributed by atoms with E-state index in [4.69, 9.17) is 0 Å². The molecule has 0 fully saturated rings. The standard InChI is InChI=1S/C12H13N3O/c1-3-8-13-12(16)11-9-6-4-5-7-10(9)15(2)14-11/h3-7H,1,8H2,2H3,(H,13,16). The van der Waals surface area contributed by atoms with Crippen molar-refractivity contribution in [3.8, 4) is 0 Å². The Morgan fingerprint density at radius 1 is 1.56 bits per heavy atom. The van der Waals surface area contributed by atoms with Gasteiger partial charge < -0.3 is 5.32 Å². The van der Waals surface area contributed by atoms with Gasteiger partial charge in [-0.1, -0.05) is 24.3 Å². The van der Waals surface area contributed by atoms with Gasteiger partial charge in [0.1, 0.15) is 0 Å². The number of hydrogen-bond acceptors (Lipinski definition) is 2. The molecule has 1 aromatic carbocycles. The number of para-hydroxylation sites is 1. The molecule has 4 heteroatoms. The van der Waals surface area contributed by atoms with E-state index in [2.05, 4.69) is 17.0 Å². The summed E-state index contributed by atoms with van der Waals surface area (Å²) in [5.74, 6) is -0.170. The average Bonchev–Trinajstić information content (AvgIpc) is 2.65. The lowest BCUT2D eigenvalue weighted by Gasteiger charge is -1.98. The highest BCUT2D eigenvalue weighted by molar-refractivity contribution is 6.04. The van der Waals surface area contributed by atoms with Crippen molar-refractivity contribution in [1.82, 2.24) is 15.1 Å². The number of carbonyl (C=O) groups excluding carboxylic acids is 1. The summed E-state index contributed by atoms with van der Waals surface area (Å²) in [6, 6.07) is 7.65. The number of aryl methyl sites for hydroxylation is 1. The first-order valence-electron chi connectivity index (χ1n) is 5.05. The van der Waals surface area contributed by atoms with Crippen LogP contribution in [0.1, 0.15) is 10.5 Å². The summed E-state index contributed by atoms with van der Waals surface area (Å²) >= 11 is 0. The molecule has 1 heterocycles. The first kappa shape index (κ1) is 10.4. The molecule has 0 bridgehead atoms. The zero-order valence-corrected chi connectivity index (χ0v) is 9.10. The van der Waals surface area contributed by atoms with Gasteiger partial charge in [0.25, 0.3) is 5.91 Å². The van der Waals surface area contributed by atoms with E-state index in [1.54, 1.807) is 10.8 Å². The van der Waals surface area contributed by atoms with E-state index in [9.17, 15) is 4.79 Å². The molecule has 0 saturated carbocycles. The molecule has 0 unspecified atom stereocenters. The number of rotatable bonds is 3. The fourth-order valence-electron chi connectivity index (χ4n) is 1.63. The van der Waals surface area contributed by atoms with Gasteiger partial charge in [0.05, 0.1) is 5.52 Å². The molecule has 4 nitrogen and oxygen atoms in total. The Morgan fingerprint density at radius 3 is 3.06 bits per heavy atom. The van der Waals surface area contributed by atoms with Crippen LogP contribution in [0, 0.1) is 0 Å². The lowest BCUT2D eigenvalue weighted by Crippen LogP contribution is -2.23. The maximum atomic E-state index is 11.8. The van der Waals surface area contributed by atoms with Crippen LogP contribution >= 0.6 is 0 Å². The van der Waals surface area contributed by atoms with Crippen LogP contribution < -0.4 is 5.32 Å². The third-order valence-electron chi connectivity index (χ3n) is 2.38. The molecule has 1 aromatic heterocycles. The molecule has 0 aliphatic heterocycles. The zero-order chi connectivity index (χ0) is 11.5. The molecule has 2 rings (SSSR count). The lowest BCUT2D eigenvalue weighted by atomic mass is 10.2. The number of carbonyl (C=O) groups is 1. The third-order valence-corrected chi connectivity index (χ3v) is 2.38. The minimum absolute atomic E-state index is 0.170. The zero-order valence-electron chi connectivity index (χ0n) is 9.10. The van der Waals surface area contributed by atoms with Crippen molar-refractivity contribution < 1.29 is 4.79 Å². The first-order chi connectivity index (χ1) is 7.74. The number of fused-ring (bicyclic) bond motifs is 1. The second-order valence-electron chi connectivity index (χ2n) is 3.49. The number of nitrogens with zero attached hydrogens (tertiary/aromatic N) is 2. The summed E-state index contributed by atoms with van der Waals surface area (Å²) in [4.78, 5) is 11.8.